The third kappa shape index (κ3) is 4.84. The molecule has 0 amide bonds. The summed E-state index contributed by atoms with van der Waals surface area (Å²) in [4.78, 5) is 45.0. The van der Waals surface area contributed by atoms with Gasteiger partial charge in [-0.15, -0.1) is 0 Å². The van der Waals surface area contributed by atoms with Gasteiger partial charge >= 0.3 is 5.97 Å². The Kier molecular flexibility index (Phi) is 7.68. The van der Waals surface area contributed by atoms with E-state index in [0.29, 0.717) is 45.7 Å². The van der Waals surface area contributed by atoms with Gasteiger partial charge in [-0.25, -0.2) is 9.79 Å². The van der Waals surface area contributed by atoms with Crippen LogP contribution in [0.15, 0.2) is 69.6 Å². The normalized spacial score (nSPS) is 15.2. The van der Waals surface area contributed by atoms with Gasteiger partial charge in [0.05, 0.1) is 33.9 Å². The highest BCUT2D eigenvalue weighted by molar-refractivity contribution is 7.07. The van der Waals surface area contributed by atoms with Crippen LogP contribution in [0, 0.1) is 10.1 Å². The maximum absolute atomic E-state index is 13.9. The summed E-state index contributed by atoms with van der Waals surface area (Å²) in [5.41, 5.74) is 2.63. The zero-order chi connectivity index (χ0) is 26.7. The minimum atomic E-state index is -0.700. The van der Waals surface area contributed by atoms with Crippen LogP contribution in [0.1, 0.15) is 44.4 Å². The molecule has 0 unspecified atom stereocenters. The molecule has 3 aromatic rings. The van der Waals surface area contributed by atoms with Gasteiger partial charge in [0, 0.05) is 36.5 Å². The lowest BCUT2D eigenvalue weighted by Gasteiger charge is -2.25. The highest BCUT2D eigenvalue weighted by Crippen LogP contribution is 2.32. The molecule has 10 heteroatoms. The van der Waals surface area contributed by atoms with Crippen LogP contribution in [0.2, 0.25) is 0 Å². The lowest BCUT2D eigenvalue weighted by atomic mass is 9.95. The van der Waals surface area contributed by atoms with E-state index in [-0.39, 0.29) is 11.2 Å². The second-order valence-electron chi connectivity index (χ2n) is 8.37. The molecule has 1 aliphatic heterocycles. The van der Waals surface area contributed by atoms with E-state index in [9.17, 15) is 19.7 Å². The number of aromatic nitrogens is 1. The second kappa shape index (κ2) is 10.9. The van der Waals surface area contributed by atoms with Gasteiger partial charge < -0.3 is 9.64 Å². The van der Waals surface area contributed by atoms with Crippen LogP contribution in [0.4, 0.5) is 11.4 Å². The molecular formula is C27H28N4O5S. The van der Waals surface area contributed by atoms with Crippen molar-refractivity contribution < 1.29 is 14.5 Å². The number of non-ortho nitro benzene ring substituents is 1. The Bertz CT molecular complexity index is 1550. The summed E-state index contributed by atoms with van der Waals surface area (Å²) in [6.07, 6.45) is 2.16. The quantitative estimate of drug-likeness (QED) is 0.255. The number of anilines is 1. The average Bonchev–Trinajstić information content (AvgIpc) is 3.23. The first-order valence-corrected chi connectivity index (χ1v) is 12.9. The number of benzene rings is 2. The van der Waals surface area contributed by atoms with Crippen molar-refractivity contribution in [2.75, 3.05) is 25.1 Å². The molecule has 0 saturated carbocycles. The van der Waals surface area contributed by atoms with Crippen molar-refractivity contribution in [3.05, 3.63) is 101 Å². The predicted molar refractivity (Wildman–Crippen MR) is 143 cm³/mol. The number of ether oxygens (including phenoxy) is 1. The fourth-order valence-electron chi connectivity index (χ4n) is 4.58. The Morgan fingerprint density at radius 1 is 1.19 bits per heavy atom. The van der Waals surface area contributed by atoms with Gasteiger partial charge in [-0.3, -0.25) is 19.5 Å². The Balaban J connectivity index is 2.01. The van der Waals surface area contributed by atoms with Crippen molar-refractivity contribution in [1.82, 2.24) is 4.57 Å². The van der Waals surface area contributed by atoms with Gasteiger partial charge in [0.1, 0.15) is 0 Å². The average molecular weight is 521 g/mol. The lowest BCUT2D eigenvalue weighted by Crippen LogP contribution is -2.40. The second-order valence-corrected chi connectivity index (χ2v) is 9.38. The van der Waals surface area contributed by atoms with Crippen LogP contribution in [0.25, 0.3) is 6.08 Å². The number of carbonyl (C=O) groups excluding carboxylic acids is 1. The van der Waals surface area contributed by atoms with E-state index in [1.807, 2.05) is 51.1 Å². The van der Waals surface area contributed by atoms with Gasteiger partial charge in [0.2, 0.25) is 0 Å². The Morgan fingerprint density at radius 3 is 2.49 bits per heavy atom. The molecule has 0 fully saturated rings. The van der Waals surface area contributed by atoms with Gasteiger partial charge in [-0.2, -0.15) is 0 Å². The molecule has 1 aliphatic rings. The van der Waals surface area contributed by atoms with E-state index in [1.54, 1.807) is 12.1 Å². The van der Waals surface area contributed by atoms with Gasteiger partial charge in [0.15, 0.2) is 4.80 Å². The molecule has 37 heavy (non-hydrogen) atoms. The van der Waals surface area contributed by atoms with Crippen molar-refractivity contribution >= 4 is 34.8 Å². The van der Waals surface area contributed by atoms with Crippen LogP contribution in [0.5, 0.6) is 0 Å². The highest BCUT2D eigenvalue weighted by atomic mass is 32.1. The number of hydrogen-bond acceptors (Lipinski definition) is 8. The van der Waals surface area contributed by atoms with Crippen molar-refractivity contribution in [2.24, 2.45) is 4.99 Å². The van der Waals surface area contributed by atoms with E-state index < -0.39 is 16.9 Å². The number of nitrogens with zero attached hydrogens (tertiary/aromatic N) is 4. The zero-order valence-electron chi connectivity index (χ0n) is 21.1. The van der Waals surface area contributed by atoms with Crippen molar-refractivity contribution in [2.45, 2.75) is 33.2 Å². The van der Waals surface area contributed by atoms with E-state index in [4.69, 9.17) is 4.74 Å². The number of methoxy groups -OCH3 is 1. The largest absolute Gasteiger partial charge is 0.466 e. The number of rotatable bonds is 8. The van der Waals surface area contributed by atoms with E-state index in [0.717, 1.165) is 11.3 Å². The van der Waals surface area contributed by atoms with Crippen molar-refractivity contribution in [3.63, 3.8) is 0 Å². The van der Waals surface area contributed by atoms with Crippen molar-refractivity contribution in [3.8, 4) is 0 Å². The molecule has 1 atom stereocenters. The van der Waals surface area contributed by atoms with Crippen LogP contribution in [0.3, 0.4) is 0 Å². The molecular weight excluding hydrogens is 492 g/mol. The molecule has 0 aliphatic carbocycles. The van der Waals surface area contributed by atoms with Crippen LogP contribution in [-0.4, -0.2) is 35.7 Å². The fourth-order valence-corrected chi connectivity index (χ4v) is 5.59. The van der Waals surface area contributed by atoms with Gasteiger partial charge in [-0.1, -0.05) is 48.6 Å². The Morgan fingerprint density at radius 2 is 1.89 bits per heavy atom. The number of allylic oxidation sites excluding steroid dienone is 1. The molecule has 0 N–H and O–H groups in total. The molecule has 0 saturated heterocycles. The maximum Gasteiger partial charge on any atom is 0.338 e. The minimum Gasteiger partial charge on any atom is -0.466 e. The van der Waals surface area contributed by atoms with E-state index in [2.05, 4.69) is 9.89 Å². The number of thiazole rings is 1. The summed E-state index contributed by atoms with van der Waals surface area (Å²) in [5, 5.41) is 11.5. The molecule has 0 bridgehead atoms. The molecule has 9 nitrogen and oxygen atoms in total. The molecule has 1 aromatic heterocycles. The van der Waals surface area contributed by atoms with E-state index >= 15 is 0 Å². The number of fused-ring (bicyclic) bond motifs is 1. The number of hydrogen-bond donors (Lipinski definition) is 0. The molecule has 0 spiro atoms. The van der Waals surface area contributed by atoms with Gasteiger partial charge in [-0.05, 0) is 38.0 Å². The zero-order valence-corrected chi connectivity index (χ0v) is 21.9. The third-order valence-electron chi connectivity index (χ3n) is 6.38. The SMILES string of the molecule is CCC1=C(C(=O)OC)[C@H](c2ccccc2)n2c(s/c(=C\c3cc([N+](=O)[O-])ccc3N(CC)CC)c2=O)=N1. The van der Waals surface area contributed by atoms with Crippen molar-refractivity contribution in [1.29, 1.82) is 0 Å². The summed E-state index contributed by atoms with van der Waals surface area (Å²) < 4.78 is 6.98. The van der Waals surface area contributed by atoms with Crippen LogP contribution < -0.4 is 19.8 Å². The highest BCUT2D eigenvalue weighted by Gasteiger charge is 2.33. The number of nitro groups is 1. The number of carbonyl (C=O) groups is 1. The van der Waals surface area contributed by atoms with E-state index in [1.165, 1.54) is 35.1 Å². The summed E-state index contributed by atoms with van der Waals surface area (Å²) in [6, 6.07) is 13.3. The summed E-state index contributed by atoms with van der Waals surface area (Å²) in [7, 11) is 1.31. The minimum absolute atomic E-state index is 0.0571. The topological polar surface area (TPSA) is 107 Å². The predicted octanol–water partition coefficient (Wildman–Crippen LogP) is 3.55. The van der Waals surface area contributed by atoms with Crippen LogP contribution in [-0.2, 0) is 9.53 Å². The summed E-state index contributed by atoms with van der Waals surface area (Å²) >= 11 is 1.20. The third-order valence-corrected chi connectivity index (χ3v) is 7.36. The Labute approximate surface area is 217 Å². The molecule has 4 rings (SSSR count). The molecule has 192 valence electrons. The number of esters is 1. The fraction of sp³-hybridized carbons (Fsp3) is 0.296. The Hall–Kier alpha value is -4.05. The standard InChI is InChI=1S/C27H28N4O5S/c1-5-20-23(26(33)36-4)24(17-11-9-8-10-12-17)30-25(32)22(37-27(30)28-20)16-18-15-19(31(34)35)13-14-21(18)29(6-2)7-3/h8-16,24H,5-7H2,1-4H3/b22-16-/t24-/m0/s1. The maximum atomic E-state index is 13.9. The molecule has 2 aromatic carbocycles. The summed E-state index contributed by atoms with van der Waals surface area (Å²) in [6.45, 7) is 7.31. The molecule has 0 radical (unpaired) electrons. The molecule has 2 heterocycles. The monoisotopic (exact) mass is 520 g/mol. The smallest absolute Gasteiger partial charge is 0.338 e. The van der Waals surface area contributed by atoms with Gasteiger partial charge in [0.25, 0.3) is 11.2 Å². The first-order valence-electron chi connectivity index (χ1n) is 12.1. The first-order chi connectivity index (χ1) is 17.8. The summed E-state index contributed by atoms with van der Waals surface area (Å²) in [5.74, 6) is -0.536. The lowest BCUT2D eigenvalue weighted by molar-refractivity contribution is -0.384. The first kappa shape index (κ1) is 26.0. The number of nitro benzene ring substituents is 1. The van der Waals surface area contributed by atoms with Crippen LogP contribution >= 0.6 is 11.3 Å².